The lowest BCUT2D eigenvalue weighted by Gasteiger charge is -2.15. The summed E-state index contributed by atoms with van der Waals surface area (Å²) in [6.07, 6.45) is 0. The van der Waals surface area contributed by atoms with Gasteiger partial charge in [0.2, 0.25) is 11.6 Å². The second-order valence-corrected chi connectivity index (χ2v) is 8.41. The number of thiazole rings is 1. The lowest BCUT2D eigenvalue weighted by atomic mass is 10.1. The summed E-state index contributed by atoms with van der Waals surface area (Å²) in [6, 6.07) is 12.7. The quantitative estimate of drug-likeness (QED) is 0.201. The Kier molecular flexibility index (Phi) is 6.85. The van der Waals surface area contributed by atoms with Gasteiger partial charge in [-0.3, -0.25) is 10.1 Å². The summed E-state index contributed by atoms with van der Waals surface area (Å²) in [5, 5.41) is 5.01. The molecule has 1 aromatic heterocycles. The van der Waals surface area contributed by atoms with Crippen LogP contribution in [0.4, 0.5) is 23.2 Å². The fraction of sp³-hybridized carbons (Fsp3) is 0.0870. The first kappa shape index (κ1) is 24.4. The van der Waals surface area contributed by atoms with Gasteiger partial charge in [0, 0.05) is 5.56 Å². The van der Waals surface area contributed by atoms with Gasteiger partial charge in [-0.1, -0.05) is 12.1 Å². The van der Waals surface area contributed by atoms with Crippen molar-refractivity contribution in [3.05, 3.63) is 71.3 Å². The molecule has 3 aromatic carbocycles. The Bertz CT molecular complexity index is 1410. The van der Waals surface area contributed by atoms with Crippen molar-refractivity contribution in [2.45, 2.75) is 0 Å². The van der Waals surface area contributed by atoms with Gasteiger partial charge in [0.1, 0.15) is 16.3 Å². The number of anilines is 1. The molecule has 1 heterocycles. The van der Waals surface area contributed by atoms with E-state index < -0.39 is 45.6 Å². The minimum Gasteiger partial charge on any atom is -0.495 e. The number of hydrogen-bond acceptors (Lipinski definition) is 6. The molecule has 12 heteroatoms. The number of hydrogen-bond donors (Lipinski definition) is 2. The summed E-state index contributed by atoms with van der Waals surface area (Å²) in [7, 11) is 2.24. The van der Waals surface area contributed by atoms with Gasteiger partial charge < -0.3 is 14.8 Å². The van der Waals surface area contributed by atoms with Gasteiger partial charge in [-0.05, 0) is 42.5 Å². The highest BCUT2D eigenvalue weighted by Gasteiger charge is 2.30. The SMILES string of the molecule is COc1ccc(-c2nc3ccccc3s2)cc1NC(=S)NC(=O)c1c(F)c(F)c(OC)c(F)c1F. The van der Waals surface area contributed by atoms with Crippen molar-refractivity contribution in [3.8, 4) is 22.1 Å². The molecule has 0 aliphatic carbocycles. The summed E-state index contributed by atoms with van der Waals surface area (Å²) in [5.41, 5.74) is 0.353. The molecule has 4 aromatic rings. The van der Waals surface area contributed by atoms with Gasteiger partial charge in [-0.25, -0.2) is 13.8 Å². The molecule has 4 rings (SSSR count). The van der Waals surface area contributed by atoms with Crippen molar-refractivity contribution >= 4 is 50.5 Å². The zero-order chi connectivity index (χ0) is 25.3. The number of thiocarbonyl (C=S) groups is 1. The molecule has 0 radical (unpaired) electrons. The van der Waals surface area contributed by atoms with Gasteiger partial charge >= 0.3 is 0 Å². The summed E-state index contributed by atoms with van der Waals surface area (Å²) >= 11 is 6.53. The van der Waals surface area contributed by atoms with E-state index in [1.165, 1.54) is 18.4 Å². The number of fused-ring (bicyclic) bond motifs is 1. The van der Waals surface area contributed by atoms with E-state index in [-0.39, 0.29) is 0 Å². The van der Waals surface area contributed by atoms with Crippen LogP contribution in [0.15, 0.2) is 42.5 Å². The third-order valence-corrected chi connectivity index (χ3v) is 6.16. The van der Waals surface area contributed by atoms with E-state index in [9.17, 15) is 22.4 Å². The van der Waals surface area contributed by atoms with E-state index >= 15 is 0 Å². The summed E-state index contributed by atoms with van der Waals surface area (Å²) in [6.45, 7) is 0. The summed E-state index contributed by atoms with van der Waals surface area (Å²) in [4.78, 5) is 17.0. The van der Waals surface area contributed by atoms with Gasteiger partial charge in [0.05, 0.1) is 30.1 Å². The Hall–Kier alpha value is -3.77. The first-order valence-corrected chi connectivity index (χ1v) is 11.0. The maximum atomic E-state index is 14.3. The maximum absolute atomic E-state index is 14.3. The van der Waals surface area contributed by atoms with Crippen LogP contribution in [0, 0.1) is 23.3 Å². The smallest absolute Gasteiger partial charge is 0.263 e. The first-order chi connectivity index (χ1) is 16.7. The number of benzene rings is 3. The van der Waals surface area contributed by atoms with Crippen LogP contribution in [0.1, 0.15) is 10.4 Å². The molecule has 0 fully saturated rings. The molecular formula is C23H15F4N3O3S2. The van der Waals surface area contributed by atoms with Crippen LogP contribution in [0.3, 0.4) is 0 Å². The van der Waals surface area contributed by atoms with Gasteiger partial charge in [0.15, 0.2) is 22.5 Å². The molecule has 0 atom stereocenters. The van der Waals surface area contributed by atoms with E-state index in [4.69, 9.17) is 17.0 Å². The number of para-hydroxylation sites is 1. The number of nitrogens with one attached hydrogen (secondary N) is 2. The monoisotopic (exact) mass is 521 g/mol. The van der Waals surface area contributed by atoms with Gasteiger partial charge in [0.25, 0.3) is 5.91 Å². The third kappa shape index (κ3) is 4.62. The van der Waals surface area contributed by atoms with E-state index in [0.717, 1.165) is 17.3 Å². The van der Waals surface area contributed by atoms with Crippen molar-refractivity contribution in [1.29, 1.82) is 0 Å². The molecule has 6 nitrogen and oxygen atoms in total. The van der Waals surface area contributed by atoms with Crippen LogP contribution in [-0.4, -0.2) is 30.2 Å². The van der Waals surface area contributed by atoms with Crippen LogP contribution < -0.4 is 20.1 Å². The molecule has 180 valence electrons. The Morgan fingerprint density at radius 3 is 2.29 bits per heavy atom. The second kappa shape index (κ2) is 9.84. The number of carbonyl (C=O) groups excluding carboxylic acids is 1. The van der Waals surface area contributed by atoms with E-state index in [1.807, 2.05) is 29.6 Å². The molecule has 0 saturated carbocycles. The molecule has 0 saturated heterocycles. The number of aromatic nitrogens is 1. The highest BCUT2D eigenvalue weighted by atomic mass is 32.1. The van der Waals surface area contributed by atoms with Crippen LogP contribution in [-0.2, 0) is 0 Å². The highest BCUT2D eigenvalue weighted by Crippen LogP contribution is 2.35. The maximum Gasteiger partial charge on any atom is 0.263 e. The predicted octanol–water partition coefficient (Wildman–Crippen LogP) is 5.66. The molecule has 0 unspecified atom stereocenters. The zero-order valence-corrected chi connectivity index (χ0v) is 19.7. The van der Waals surface area contributed by atoms with Gasteiger partial charge in [-0.15, -0.1) is 11.3 Å². The molecule has 0 bridgehead atoms. The van der Waals surface area contributed by atoms with Crippen molar-refractivity contribution in [2.75, 3.05) is 19.5 Å². The van der Waals surface area contributed by atoms with E-state index in [2.05, 4.69) is 15.0 Å². The van der Waals surface area contributed by atoms with E-state index in [1.54, 1.807) is 18.2 Å². The number of carbonyl (C=O) groups is 1. The van der Waals surface area contributed by atoms with Crippen molar-refractivity contribution in [1.82, 2.24) is 10.3 Å². The molecule has 1 amide bonds. The van der Waals surface area contributed by atoms with Gasteiger partial charge in [-0.2, -0.15) is 8.78 Å². The fourth-order valence-electron chi connectivity index (χ4n) is 3.24. The van der Waals surface area contributed by atoms with Crippen LogP contribution in [0.2, 0.25) is 0 Å². The normalized spacial score (nSPS) is 10.8. The number of methoxy groups -OCH3 is 2. The Balaban J connectivity index is 1.59. The fourth-order valence-corrected chi connectivity index (χ4v) is 4.41. The standard InChI is InChI=1S/C23H15F4N3O3S2/c1-32-13-8-7-10(22-28-11-5-3-4-6-14(11)35-22)9-12(13)29-23(34)30-21(31)15-16(24)18(26)20(33-2)19(27)17(15)25/h3-9H,1-2H3,(H2,29,30,31,34). The number of halogens is 4. The molecule has 2 N–H and O–H groups in total. The molecular weight excluding hydrogens is 506 g/mol. The molecule has 0 aliphatic rings. The molecule has 0 aliphatic heterocycles. The average Bonchev–Trinajstić information content (AvgIpc) is 3.27. The van der Waals surface area contributed by atoms with Crippen LogP contribution >= 0.6 is 23.6 Å². The highest BCUT2D eigenvalue weighted by molar-refractivity contribution is 7.80. The number of rotatable bonds is 5. The molecule has 35 heavy (non-hydrogen) atoms. The Morgan fingerprint density at radius 2 is 1.66 bits per heavy atom. The topological polar surface area (TPSA) is 72.5 Å². The summed E-state index contributed by atoms with van der Waals surface area (Å²) in [5.74, 6) is -9.98. The summed E-state index contributed by atoms with van der Waals surface area (Å²) < 4.78 is 67.0. The minimum atomic E-state index is -1.92. The van der Waals surface area contributed by atoms with Crippen LogP contribution in [0.25, 0.3) is 20.8 Å². The average molecular weight is 522 g/mol. The van der Waals surface area contributed by atoms with Crippen molar-refractivity contribution < 1.29 is 31.8 Å². The van der Waals surface area contributed by atoms with Crippen molar-refractivity contribution in [2.24, 2.45) is 0 Å². The number of ether oxygens (including phenoxy) is 2. The van der Waals surface area contributed by atoms with Crippen LogP contribution in [0.5, 0.6) is 11.5 Å². The van der Waals surface area contributed by atoms with E-state index in [0.29, 0.717) is 22.0 Å². The Labute approximate surface area is 205 Å². The third-order valence-electron chi connectivity index (χ3n) is 4.87. The lowest BCUT2D eigenvalue weighted by Crippen LogP contribution is -2.35. The van der Waals surface area contributed by atoms with Crippen molar-refractivity contribution in [3.63, 3.8) is 0 Å². The zero-order valence-electron chi connectivity index (χ0n) is 18.0. The largest absolute Gasteiger partial charge is 0.495 e. The first-order valence-electron chi connectivity index (χ1n) is 9.81. The Morgan fingerprint density at radius 1 is 0.971 bits per heavy atom. The lowest BCUT2D eigenvalue weighted by molar-refractivity contribution is 0.0966. The predicted molar refractivity (Wildman–Crippen MR) is 128 cm³/mol. The minimum absolute atomic E-state index is 0.308. The number of nitrogens with zero attached hydrogens (tertiary/aromatic N) is 1. The molecule has 0 spiro atoms. The number of amides is 1. The second-order valence-electron chi connectivity index (χ2n) is 6.97.